The highest BCUT2D eigenvalue weighted by Gasteiger charge is 2.52. The van der Waals surface area contributed by atoms with Crippen LogP contribution in [-0.2, 0) is 19.1 Å². The van der Waals surface area contributed by atoms with Crippen molar-refractivity contribution >= 4 is 23.8 Å². The van der Waals surface area contributed by atoms with Gasteiger partial charge in [0, 0.05) is 0 Å². The molecular formula is C19H22FN3O5. The van der Waals surface area contributed by atoms with Crippen LogP contribution in [0.5, 0.6) is 0 Å². The molecule has 1 aromatic rings. The van der Waals surface area contributed by atoms with E-state index in [9.17, 15) is 23.6 Å². The third-order valence-corrected chi connectivity index (χ3v) is 5.10. The van der Waals surface area contributed by atoms with Crippen LogP contribution in [0, 0.1) is 5.82 Å². The molecule has 2 fully saturated rings. The van der Waals surface area contributed by atoms with Gasteiger partial charge in [0.1, 0.15) is 17.9 Å². The Morgan fingerprint density at radius 2 is 1.89 bits per heavy atom. The first-order valence-electron chi connectivity index (χ1n) is 9.15. The number of nitrogens with zero attached hydrogens (tertiary/aromatic N) is 1. The van der Waals surface area contributed by atoms with Crippen LogP contribution in [0.4, 0.5) is 9.18 Å². The maximum Gasteiger partial charge on any atom is 0.326 e. The van der Waals surface area contributed by atoms with Gasteiger partial charge in [-0.2, -0.15) is 0 Å². The molecule has 1 saturated heterocycles. The van der Waals surface area contributed by atoms with Crippen molar-refractivity contribution in [3.8, 4) is 0 Å². The van der Waals surface area contributed by atoms with E-state index in [1.54, 1.807) is 19.1 Å². The Morgan fingerprint density at radius 3 is 2.54 bits per heavy atom. The molecule has 1 heterocycles. The summed E-state index contributed by atoms with van der Waals surface area (Å²) in [6.07, 6.45) is 2.81. The molecule has 2 aliphatic rings. The minimum atomic E-state index is -0.890. The van der Waals surface area contributed by atoms with Crippen LogP contribution < -0.4 is 10.6 Å². The Bertz CT molecular complexity index is 789. The second-order valence-corrected chi connectivity index (χ2v) is 7.11. The van der Waals surface area contributed by atoms with Crippen LogP contribution in [0.3, 0.4) is 0 Å². The zero-order valence-corrected chi connectivity index (χ0v) is 15.5. The summed E-state index contributed by atoms with van der Waals surface area (Å²) in [5.41, 5.74) is -0.193. The van der Waals surface area contributed by atoms with Gasteiger partial charge in [-0.3, -0.25) is 19.3 Å². The smallest absolute Gasteiger partial charge is 0.326 e. The quantitative estimate of drug-likeness (QED) is 0.564. The molecule has 1 spiro atoms. The summed E-state index contributed by atoms with van der Waals surface area (Å²) in [6, 6.07) is 4.64. The number of hydrogen-bond donors (Lipinski definition) is 2. The number of esters is 1. The summed E-state index contributed by atoms with van der Waals surface area (Å²) < 4.78 is 17.8. The number of benzene rings is 1. The van der Waals surface area contributed by atoms with Gasteiger partial charge in [0.05, 0.1) is 6.04 Å². The molecule has 0 radical (unpaired) electrons. The maximum atomic E-state index is 12.9. The second-order valence-electron chi connectivity index (χ2n) is 7.11. The second kappa shape index (κ2) is 7.95. The largest absolute Gasteiger partial charge is 0.454 e. The SMILES string of the molecule is C[C@H](NC(=O)COC(=O)CN1C(=O)NC2(CCCC2)C1=O)c1ccc(F)cc1. The highest BCUT2D eigenvalue weighted by atomic mass is 19.1. The normalized spacial score (nSPS) is 18.9. The van der Waals surface area contributed by atoms with Gasteiger partial charge in [0.15, 0.2) is 6.61 Å². The zero-order valence-electron chi connectivity index (χ0n) is 15.5. The molecule has 9 heteroatoms. The van der Waals surface area contributed by atoms with E-state index in [-0.39, 0.29) is 5.82 Å². The monoisotopic (exact) mass is 391 g/mol. The van der Waals surface area contributed by atoms with Crippen molar-refractivity contribution in [2.75, 3.05) is 13.2 Å². The van der Waals surface area contributed by atoms with Crippen LogP contribution >= 0.6 is 0 Å². The van der Waals surface area contributed by atoms with Gasteiger partial charge in [-0.15, -0.1) is 0 Å². The lowest BCUT2D eigenvalue weighted by Gasteiger charge is -2.19. The summed E-state index contributed by atoms with van der Waals surface area (Å²) in [5.74, 6) is -2.19. The molecule has 1 aliphatic carbocycles. The number of imide groups is 1. The highest BCUT2D eigenvalue weighted by molar-refractivity contribution is 6.08. The van der Waals surface area contributed by atoms with Gasteiger partial charge >= 0.3 is 12.0 Å². The zero-order chi connectivity index (χ0) is 20.3. The number of hydrogen-bond acceptors (Lipinski definition) is 5. The van der Waals surface area contributed by atoms with Crippen molar-refractivity contribution in [3.05, 3.63) is 35.6 Å². The van der Waals surface area contributed by atoms with E-state index in [0.29, 0.717) is 18.4 Å². The van der Waals surface area contributed by atoms with Crippen molar-refractivity contribution in [3.63, 3.8) is 0 Å². The lowest BCUT2D eigenvalue weighted by molar-refractivity contribution is -0.151. The van der Waals surface area contributed by atoms with E-state index >= 15 is 0 Å². The molecule has 0 aromatic heterocycles. The molecule has 150 valence electrons. The fraction of sp³-hybridized carbons (Fsp3) is 0.474. The van der Waals surface area contributed by atoms with Crippen molar-refractivity contribution in [1.29, 1.82) is 0 Å². The first kappa shape index (κ1) is 19.8. The predicted octanol–water partition coefficient (Wildman–Crippen LogP) is 1.41. The summed E-state index contributed by atoms with van der Waals surface area (Å²) in [4.78, 5) is 49.3. The molecule has 1 aromatic carbocycles. The van der Waals surface area contributed by atoms with Crippen LogP contribution in [-0.4, -0.2) is 47.4 Å². The van der Waals surface area contributed by atoms with E-state index in [4.69, 9.17) is 4.74 Å². The van der Waals surface area contributed by atoms with E-state index in [1.807, 2.05) is 0 Å². The predicted molar refractivity (Wildman–Crippen MR) is 95.4 cm³/mol. The first-order valence-corrected chi connectivity index (χ1v) is 9.15. The Morgan fingerprint density at radius 1 is 1.25 bits per heavy atom. The van der Waals surface area contributed by atoms with Crippen LogP contribution in [0.1, 0.15) is 44.2 Å². The molecule has 1 atom stereocenters. The minimum Gasteiger partial charge on any atom is -0.454 e. The minimum absolute atomic E-state index is 0.379. The number of ether oxygens (including phenoxy) is 1. The molecule has 2 N–H and O–H groups in total. The van der Waals surface area contributed by atoms with Gasteiger partial charge in [0.2, 0.25) is 0 Å². The molecule has 28 heavy (non-hydrogen) atoms. The molecule has 3 rings (SSSR count). The maximum absolute atomic E-state index is 12.9. The van der Waals surface area contributed by atoms with Gasteiger partial charge in [-0.25, -0.2) is 9.18 Å². The fourth-order valence-electron chi connectivity index (χ4n) is 3.58. The average molecular weight is 391 g/mol. The van der Waals surface area contributed by atoms with Gasteiger partial charge in [-0.1, -0.05) is 25.0 Å². The molecule has 8 nitrogen and oxygen atoms in total. The lowest BCUT2D eigenvalue weighted by atomic mass is 9.98. The molecule has 1 saturated carbocycles. The summed E-state index contributed by atoms with van der Waals surface area (Å²) in [7, 11) is 0. The number of amides is 4. The lowest BCUT2D eigenvalue weighted by Crippen LogP contribution is -2.44. The number of carbonyl (C=O) groups is 4. The van der Waals surface area contributed by atoms with Crippen molar-refractivity contribution < 1.29 is 28.3 Å². The Kier molecular flexibility index (Phi) is 5.62. The Hall–Kier alpha value is -2.97. The molecular weight excluding hydrogens is 369 g/mol. The van der Waals surface area contributed by atoms with Crippen molar-refractivity contribution in [1.82, 2.24) is 15.5 Å². The number of carbonyl (C=O) groups excluding carboxylic acids is 4. The van der Waals surface area contributed by atoms with E-state index < -0.39 is 48.5 Å². The third kappa shape index (κ3) is 4.13. The van der Waals surface area contributed by atoms with Crippen LogP contribution in [0.2, 0.25) is 0 Å². The summed E-state index contributed by atoms with van der Waals surface area (Å²) >= 11 is 0. The highest BCUT2D eigenvalue weighted by Crippen LogP contribution is 2.34. The van der Waals surface area contributed by atoms with E-state index in [1.165, 1.54) is 12.1 Å². The Labute approximate surface area is 161 Å². The number of urea groups is 1. The van der Waals surface area contributed by atoms with Crippen LogP contribution in [0.15, 0.2) is 24.3 Å². The number of halogens is 1. The van der Waals surface area contributed by atoms with Gasteiger partial charge < -0.3 is 15.4 Å². The molecule has 4 amide bonds. The van der Waals surface area contributed by atoms with E-state index in [0.717, 1.165) is 17.7 Å². The Balaban J connectivity index is 1.46. The topological polar surface area (TPSA) is 105 Å². The van der Waals surface area contributed by atoms with Gasteiger partial charge in [0.25, 0.3) is 11.8 Å². The average Bonchev–Trinajstić information content (AvgIpc) is 3.21. The number of rotatable bonds is 6. The van der Waals surface area contributed by atoms with Crippen LogP contribution in [0.25, 0.3) is 0 Å². The summed E-state index contributed by atoms with van der Waals surface area (Å²) in [6.45, 7) is 0.633. The van der Waals surface area contributed by atoms with Crippen molar-refractivity contribution in [2.24, 2.45) is 0 Å². The molecule has 0 bridgehead atoms. The fourth-order valence-corrected chi connectivity index (χ4v) is 3.58. The third-order valence-electron chi connectivity index (χ3n) is 5.10. The van der Waals surface area contributed by atoms with Gasteiger partial charge in [-0.05, 0) is 37.5 Å². The standard InChI is InChI=1S/C19H22FN3O5/c1-12(13-4-6-14(20)7-5-13)21-15(24)11-28-16(25)10-23-17(26)19(22-18(23)27)8-2-3-9-19/h4-7,12H,2-3,8-11H2,1H3,(H,21,24)(H,22,27)/t12-/m0/s1. The number of nitrogens with one attached hydrogen (secondary N) is 2. The molecule has 1 aliphatic heterocycles. The molecule has 0 unspecified atom stereocenters. The summed E-state index contributed by atoms with van der Waals surface area (Å²) in [5, 5.41) is 5.29. The van der Waals surface area contributed by atoms with Crippen molar-refractivity contribution in [2.45, 2.75) is 44.2 Å². The van der Waals surface area contributed by atoms with E-state index in [2.05, 4.69) is 10.6 Å². The first-order chi connectivity index (χ1) is 13.3.